The second-order valence-corrected chi connectivity index (χ2v) is 7.75. The van der Waals surface area contributed by atoms with Crippen LogP contribution in [0.25, 0.3) is 5.69 Å². The Morgan fingerprint density at radius 2 is 2.00 bits per heavy atom. The van der Waals surface area contributed by atoms with E-state index in [9.17, 15) is 14.0 Å². The van der Waals surface area contributed by atoms with Gasteiger partial charge < -0.3 is 14.1 Å². The predicted molar refractivity (Wildman–Crippen MR) is 115 cm³/mol. The van der Waals surface area contributed by atoms with Crippen molar-refractivity contribution in [2.45, 2.75) is 38.6 Å². The van der Waals surface area contributed by atoms with E-state index in [2.05, 4.69) is 5.10 Å². The van der Waals surface area contributed by atoms with Crippen molar-refractivity contribution in [2.24, 2.45) is 0 Å². The third kappa shape index (κ3) is 5.12. The van der Waals surface area contributed by atoms with Crippen molar-refractivity contribution in [2.75, 3.05) is 13.2 Å². The number of furan rings is 1. The first-order chi connectivity index (χ1) is 16.1. The molecular weight excluding hydrogens is 427 g/mol. The second-order valence-electron chi connectivity index (χ2n) is 7.75. The van der Waals surface area contributed by atoms with Crippen LogP contribution in [0.2, 0.25) is 0 Å². The smallest absolute Gasteiger partial charge is 0.359 e. The van der Waals surface area contributed by atoms with E-state index in [4.69, 9.17) is 14.4 Å². The Bertz CT molecular complexity index is 1160. The van der Waals surface area contributed by atoms with E-state index in [0.717, 1.165) is 30.5 Å². The van der Waals surface area contributed by atoms with Gasteiger partial charge in [0.25, 0.3) is 5.91 Å². The summed E-state index contributed by atoms with van der Waals surface area (Å²) in [5.41, 5.74) is 2.54. The zero-order valence-corrected chi connectivity index (χ0v) is 18.0. The van der Waals surface area contributed by atoms with Crippen LogP contribution >= 0.6 is 0 Å². The summed E-state index contributed by atoms with van der Waals surface area (Å²) in [6.07, 6.45) is 4.97. The molecule has 2 heterocycles. The minimum atomic E-state index is -0.680. The first-order valence-corrected chi connectivity index (χ1v) is 10.8. The summed E-state index contributed by atoms with van der Waals surface area (Å²) in [6.45, 7) is -0.0923. The number of carbonyl (C=O) groups excluding carboxylic acids is 2. The number of benzene rings is 1. The van der Waals surface area contributed by atoms with Gasteiger partial charge in [0.1, 0.15) is 11.6 Å². The average molecular weight is 450 g/mol. The zero-order chi connectivity index (χ0) is 23.2. The van der Waals surface area contributed by atoms with Crippen molar-refractivity contribution in [3.05, 3.63) is 71.2 Å². The van der Waals surface area contributed by atoms with Gasteiger partial charge in [-0.05, 0) is 62.1 Å². The van der Waals surface area contributed by atoms with Gasteiger partial charge in [-0.3, -0.25) is 4.79 Å². The Balaban J connectivity index is 1.49. The average Bonchev–Trinajstić information content (AvgIpc) is 3.48. The van der Waals surface area contributed by atoms with Crippen LogP contribution < -0.4 is 0 Å². The highest BCUT2D eigenvalue weighted by Crippen LogP contribution is 2.27. The Morgan fingerprint density at radius 3 is 2.73 bits per heavy atom. The molecule has 1 aliphatic rings. The lowest BCUT2D eigenvalue weighted by Crippen LogP contribution is -2.35. The Morgan fingerprint density at radius 1 is 1.21 bits per heavy atom. The molecule has 0 atom stereocenters. The number of fused-ring (bicyclic) bond motifs is 1. The molecule has 0 radical (unpaired) electrons. The molecule has 0 N–H and O–H groups in total. The third-order valence-electron chi connectivity index (χ3n) is 5.54. The largest absolute Gasteiger partial charge is 0.467 e. The van der Waals surface area contributed by atoms with Crippen LogP contribution in [0.5, 0.6) is 0 Å². The van der Waals surface area contributed by atoms with Gasteiger partial charge in [-0.25, -0.2) is 13.9 Å². The number of ether oxygens (including phenoxy) is 1. The summed E-state index contributed by atoms with van der Waals surface area (Å²) < 4.78 is 25.6. The van der Waals surface area contributed by atoms with E-state index in [1.54, 1.807) is 28.9 Å². The van der Waals surface area contributed by atoms with E-state index in [1.165, 1.54) is 23.3 Å². The fourth-order valence-electron chi connectivity index (χ4n) is 3.91. The minimum absolute atomic E-state index is 0.149. The number of esters is 1. The van der Waals surface area contributed by atoms with Crippen LogP contribution in [0.3, 0.4) is 0 Å². The van der Waals surface area contributed by atoms with Gasteiger partial charge in [-0.1, -0.05) is 0 Å². The number of hydrogen-bond acceptors (Lipinski definition) is 6. The van der Waals surface area contributed by atoms with E-state index in [0.29, 0.717) is 17.9 Å². The first-order valence-electron chi connectivity index (χ1n) is 10.8. The summed E-state index contributed by atoms with van der Waals surface area (Å²) in [5.74, 6) is -0.893. The molecule has 8 nitrogen and oxygen atoms in total. The van der Waals surface area contributed by atoms with Gasteiger partial charge in [0.2, 0.25) is 0 Å². The van der Waals surface area contributed by atoms with E-state index < -0.39 is 18.5 Å². The highest BCUT2D eigenvalue weighted by Gasteiger charge is 2.27. The second kappa shape index (κ2) is 10.1. The van der Waals surface area contributed by atoms with Crippen LogP contribution in [-0.2, 0) is 28.9 Å². The van der Waals surface area contributed by atoms with Gasteiger partial charge in [0, 0.05) is 17.8 Å². The van der Waals surface area contributed by atoms with Gasteiger partial charge in [-0.2, -0.15) is 10.4 Å². The van der Waals surface area contributed by atoms with Crippen molar-refractivity contribution >= 4 is 11.9 Å². The zero-order valence-electron chi connectivity index (χ0n) is 18.0. The molecule has 2 aromatic heterocycles. The fourth-order valence-corrected chi connectivity index (χ4v) is 3.91. The monoisotopic (exact) mass is 450 g/mol. The SMILES string of the molecule is N#CCCN(Cc1ccco1)C(=O)COC(=O)c1nn(-c2ccc(F)cc2)c2c1CCCC2. The number of hydrogen-bond donors (Lipinski definition) is 0. The van der Waals surface area contributed by atoms with E-state index in [1.807, 2.05) is 6.07 Å². The molecule has 1 aromatic carbocycles. The maximum atomic E-state index is 13.3. The topological polar surface area (TPSA) is 101 Å². The summed E-state index contributed by atoms with van der Waals surface area (Å²) in [5, 5.41) is 13.3. The number of halogens is 1. The maximum Gasteiger partial charge on any atom is 0.359 e. The lowest BCUT2D eigenvalue weighted by Gasteiger charge is -2.20. The highest BCUT2D eigenvalue weighted by molar-refractivity contribution is 5.91. The van der Waals surface area contributed by atoms with Crippen molar-refractivity contribution < 1.29 is 23.1 Å². The Kier molecular flexibility index (Phi) is 6.83. The molecule has 3 aromatic rings. The normalized spacial score (nSPS) is 12.6. The predicted octanol–water partition coefficient (Wildman–Crippen LogP) is 3.58. The number of rotatable bonds is 8. The number of aromatic nitrogens is 2. The minimum Gasteiger partial charge on any atom is -0.467 e. The maximum absolute atomic E-state index is 13.3. The van der Waals surface area contributed by atoms with Crippen molar-refractivity contribution in [1.82, 2.24) is 14.7 Å². The molecule has 0 saturated carbocycles. The molecule has 1 aliphatic carbocycles. The molecule has 1 amide bonds. The molecule has 9 heteroatoms. The fraction of sp³-hybridized carbons (Fsp3) is 0.333. The number of amides is 1. The molecule has 4 rings (SSSR count). The summed E-state index contributed by atoms with van der Waals surface area (Å²) in [6, 6.07) is 11.4. The number of carbonyl (C=O) groups is 2. The highest BCUT2D eigenvalue weighted by atomic mass is 19.1. The summed E-state index contributed by atoms with van der Waals surface area (Å²) in [7, 11) is 0. The summed E-state index contributed by atoms with van der Waals surface area (Å²) >= 11 is 0. The molecule has 0 unspecified atom stereocenters. The molecule has 0 aliphatic heterocycles. The van der Waals surface area contributed by atoms with Gasteiger partial charge in [-0.15, -0.1) is 0 Å². The van der Waals surface area contributed by atoms with Crippen molar-refractivity contribution in [3.63, 3.8) is 0 Å². The van der Waals surface area contributed by atoms with Crippen LogP contribution in [0.1, 0.15) is 46.8 Å². The molecular formula is C24H23FN4O4. The molecule has 0 saturated heterocycles. The molecule has 0 fully saturated rings. The third-order valence-corrected chi connectivity index (χ3v) is 5.54. The molecule has 170 valence electrons. The standard InChI is InChI=1S/C24H23FN4O4/c25-17-8-10-18(11-9-17)29-21-7-2-1-6-20(21)23(27-29)24(31)33-16-22(30)28(13-4-12-26)15-19-5-3-14-32-19/h3,5,8-11,14H,1-2,4,6-7,13,15-16H2. The van der Waals surface area contributed by atoms with Crippen molar-refractivity contribution in [3.8, 4) is 11.8 Å². The van der Waals surface area contributed by atoms with Crippen LogP contribution in [-0.4, -0.2) is 39.7 Å². The van der Waals surface area contributed by atoms with Gasteiger partial charge in [0.05, 0.1) is 31.0 Å². The summed E-state index contributed by atoms with van der Waals surface area (Å²) in [4.78, 5) is 27.0. The van der Waals surface area contributed by atoms with Crippen LogP contribution in [0, 0.1) is 17.1 Å². The van der Waals surface area contributed by atoms with Crippen molar-refractivity contribution in [1.29, 1.82) is 5.26 Å². The lowest BCUT2D eigenvalue weighted by atomic mass is 9.95. The quantitative estimate of drug-likeness (QED) is 0.486. The first kappa shape index (κ1) is 22.3. The van der Waals surface area contributed by atoms with E-state index in [-0.39, 0.29) is 31.0 Å². The van der Waals surface area contributed by atoms with E-state index >= 15 is 0 Å². The lowest BCUT2D eigenvalue weighted by molar-refractivity contribution is -0.135. The molecule has 33 heavy (non-hydrogen) atoms. The van der Waals surface area contributed by atoms with Crippen LogP contribution in [0.4, 0.5) is 4.39 Å². The molecule has 0 spiro atoms. The number of nitriles is 1. The molecule has 0 bridgehead atoms. The number of nitrogens with zero attached hydrogens (tertiary/aromatic N) is 4. The Labute approximate surface area is 190 Å². The Hall–Kier alpha value is -3.93. The van der Waals surface area contributed by atoms with Gasteiger partial charge >= 0.3 is 5.97 Å². The van der Waals surface area contributed by atoms with Gasteiger partial charge in [0.15, 0.2) is 12.3 Å². The van der Waals surface area contributed by atoms with Crippen LogP contribution in [0.15, 0.2) is 47.1 Å².